The lowest BCUT2D eigenvalue weighted by molar-refractivity contribution is -0.298. The maximum Gasteiger partial charge on any atom is 0.426 e. The minimum Gasteiger partial charge on any atom is -0.382 e. The first-order valence-corrected chi connectivity index (χ1v) is 4.87. The Morgan fingerprint density at radius 2 is 1.71 bits per heavy atom. The van der Waals surface area contributed by atoms with Crippen LogP contribution in [-0.2, 0) is 19.0 Å². The standard InChI is InChI=1S/C11H11NO5/c1-15-11(16-2)9(13)12(10(14)17-11)8-6-4-3-5-7-8/h3-7H,1-2H3. The van der Waals surface area contributed by atoms with Crippen molar-refractivity contribution in [2.75, 3.05) is 19.1 Å². The van der Waals surface area contributed by atoms with Crippen LogP contribution < -0.4 is 4.90 Å². The highest BCUT2D eigenvalue weighted by Gasteiger charge is 2.57. The lowest BCUT2D eigenvalue weighted by Gasteiger charge is -2.19. The van der Waals surface area contributed by atoms with Crippen LogP contribution in [0.3, 0.4) is 0 Å². The van der Waals surface area contributed by atoms with E-state index in [-0.39, 0.29) is 0 Å². The van der Waals surface area contributed by atoms with Crippen LogP contribution in [-0.4, -0.2) is 32.2 Å². The van der Waals surface area contributed by atoms with Gasteiger partial charge in [-0.1, -0.05) is 18.2 Å². The van der Waals surface area contributed by atoms with Crippen LogP contribution in [0.4, 0.5) is 10.5 Å². The summed E-state index contributed by atoms with van der Waals surface area (Å²) in [6, 6.07) is 8.40. The molecule has 1 aliphatic heterocycles. The Morgan fingerprint density at radius 3 is 2.18 bits per heavy atom. The lowest BCUT2D eigenvalue weighted by atomic mass is 10.3. The Kier molecular flexibility index (Phi) is 2.83. The number of rotatable bonds is 3. The fourth-order valence-corrected chi connectivity index (χ4v) is 1.57. The summed E-state index contributed by atoms with van der Waals surface area (Å²) in [5.74, 6) is -2.69. The topological polar surface area (TPSA) is 65.1 Å². The van der Waals surface area contributed by atoms with Crippen LogP contribution in [0.25, 0.3) is 0 Å². The molecule has 1 aliphatic rings. The molecule has 17 heavy (non-hydrogen) atoms. The van der Waals surface area contributed by atoms with E-state index in [1.54, 1.807) is 30.3 Å². The van der Waals surface area contributed by atoms with Crippen molar-refractivity contribution in [3.05, 3.63) is 30.3 Å². The quantitative estimate of drug-likeness (QED) is 0.737. The normalized spacial score (nSPS) is 18.4. The largest absolute Gasteiger partial charge is 0.426 e. The molecule has 90 valence electrons. The van der Waals surface area contributed by atoms with Crippen molar-refractivity contribution < 1.29 is 23.8 Å². The first kappa shape index (κ1) is 11.6. The number of carbonyl (C=O) groups is 2. The number of cyclic esters (lactones) is 1. The van der Waals surface area contributed by atoms with E-state index in [0.29, 0.717) is 5.69 Å². The molecule has 6 heteroatoms. The molecule has 0 N–H and O–H groups in total. The highest BCUT2D eigenvalue weighted by Crippen LogP contribution is 2.30. The van der Waals surface area contributed by atoms with Gasteiger partial charge in [0.15, 0.2) is 0 Å². The number of carbonyl (C=O) groups excluding carboxylic acids is 2. The summed E-state index contributed by atoms with van der Waals surface area (Å²) in [5.41, 5.74) is 0.401. The van der Waals surface area contributed by atoms with Gasteiger partial charge in [-0.05, 0) is 12.1 Å². The SMILES string of the molecule is COC1(OC)OC(=O)N(c2ccccc2)C1=O. The highest BCUT2D eigenvalue weighted by molar-refractivity contribution is 6.18. The summed E-state index contributed by atoms with van der Waals surface area (Å²) in [5, 5.41) is 0. The van der Waals surface area contributed by atoms with Crippen LogP contribution in [0.15, 0.2) is 30.3 Å². The third-order valence-corrected chi connectivity index (χ3v) is 2.42. The van der Waals surface area contributed by atoms with Gasteiger partial charge in [-0.3, -0.25) is 4.79 Å². The molecule has 2 rings (SSSR count). The summed E-state index contributed by atoms with van der Waals surface area (Å²) in [6.07, 6.45) is -0.829. The molecule has 0 spiro atoms. The molecule has 1 heterocycles. The van der Waals surface area contributed by atoms with Gasteiger partial charge in [-0.15, -0.1) is 0 Å². The Hall–Kier alpha value is -1.92. The van der Waals surface area contributed by atoms with Gasteiger partial charge in [0.2, 0.25) is 0 Å². The molecular formula is C11H11NO5. The Labute approximate surface area is 97.7 Å². The van der Waals surface area contributed by atoms with Crippen LogP contribution in [0.2, 0.25) is 0 Å². The number of imide groups is 1. The van der Waals surface area contributed by atoms with Crippen LogP contribution in [0.1, 0.15) is 0 Å². The van der Waals surface area contributed by atoms with Crippen molar-refractivity contribution in [3.63, 3.8) is 0 Å². The van der Waals surface area contributed by atoms with Gasteiger partial charge in [0.05, 0.1) is 5.69 Å². The van der Waals surface area contributed by atoms with E-state index in [2.05, 4.69) is 0 Å². The number of anilines is 1. The maximum absolute atomic E-state index is 12.0. The van der Waals surface area contributed by atoms with Gasteiger partial charge in [0, 0.05) is 14.2 Å². The van der Waals surface area contributed by atoms with Crippen LogP contribution in [0, 0.1) is 0 Å². The van der Waals surface area contributed by atoms with Crippen molar-refractivity contribution in [1.29, 1.82) is 0 Å². The molecule has 0 aromatic heterocycles. The molecule has 1 fully saturated rings. The second kappa shape index (κ2) is 4.15. The summed E-state index contributed by atoms with van der Waals surface area (Å²) in [6.45, 7) is 0. The fourth-order valence-electron chi connectivity index (χ4n) is 1.57. The predicted molar refractivity (Wildman–Crippen MR) is 57.2 cm³/mol. The number of para-hydroxylation sites is 1. The molecule has 0 radical (unpaired) electrons. The first-order valence-electron chi connectivity index (χ1n) is 4.87. The van der Waals surface area contributed by atoms with Crippen LogP contribution >= 0.6 is 0 Å². The van der Waals surface area contributed by atoms with E-state index in [0.717, 1.165) is 4.90 Å². The number of benzene rings is 1. The number of ether oxygens (including phenoxy) is 3. The fraction of sp³-hybridized carbons (Fsp3) is 0.273. The van der Waals surface area contributed by atoms with E-state index in [1.165, 1.54) is 14.2 Å². The zero-order valence-electron chi connectivity index (χ0n) is 9.38. The minimum absolute atomic E-state index is 0.401. The second-order valence-corrected chi connectivity index (χ2v) is 3.31. The van der Waals surface area contributed by atoms with Gasteiger partial charge >= 0.3 is 18.0 Å². The summed E-state index contributed by atoms with van der Waals surface area (Å²) >= 11 is 0. The zero-order chi connectivity index (χ0) is 12.5. The molecule has 0 atom stereocenters. The molecule has 0 aliphatic carbocycles. The van der Waals surface area contributed by atoms with Crippen molar-refractivity contribution in [1.82, 2.24) is 0 Å². The van der Waals surface area contributed by atoms with Crippen molar-refractivity contribution in [3.8, 4) is 0 Å². The highest BCUT2D eigenvalue weighted by atomic mass is 16.9. The van der Waals surface area contributed by atoms with E-state index in [9.17, 15) is 9.59 Å². The number of amides is 2. The summed E-state index contributed by atoms with van der Waals surface area (Å²) < 4.78 is 14.5. The Morgan fingerprint density at radius 1 is 1.12 bits per heavy atom. The van der Waals surface area contributed by atoms with Crippen LogP contribution in [0.5, 0.6) is 0 Å². The number of hydrogen-bond acceptors (Lipinski definition) is 5. The molecule has 1 aromatic carbocycles. The zero-order valence-corrected chi connectivity index (χ0v) is 9.38. The third-order valence-electron chi connectivity index (χ3n) is 2.42. The Bertz CT molecular complexity index is 440. The molecular weight excluding hydrogens is 226 g/mol. The Balaban J connectivity index is 2.39. The number of methoxy groups -OCH3 is 2. The smallest absolute Gasteiger partial charge is 0.382 e. The van der Waals surface area contributed by atoms with Gasteiger partial charge in [-0.2, -0.15) is 0 Å². The van der Waals surface area contributed by atoms with E-state index < -0.39 is 18.0 Å². The predicted octanol–water partition coefficient (Wildman–Crippen LogP) is 1.12. The lowest BCUT2D eigenvalue weighted by Crippen LogP contribution is -2.44. The number of nitrogens with zero attached hydrogens (tertiary/aromatic N) is 1. The number of hydrogen-bond donors (Lipinski definition) is 0. The molecule has 0 bridgehead atoms. The van der Waals surface area contributed by atoms with Crippen molar-refractivity contribution in [2.45, 2.75) is 5.97 Å². The second-order valence-electron chi connectivity index (χ2n) is 3.31. The third kappa shape index (κ3) is 1.67. The van der Waals surface area contributed by atoms with Crippen molar-refractivity contribution in [2.24, 2.45) is 0 Å². The average molecular weight is 237 g/mol. The molecule has 2 amide bonds. The molecule has 0 unspecified atom stereocenters. The van der Waals surface area contributed by atoms with E-state index in [1.807, 2.05) is 0 Å². The van der Waals surface area contributed by atoms with Crippen molar-refractivity contribution >= 4 is 17.7 Å². The molecule has 1 saturated heterocycles. The van der Waals surface area contributed by atoms with E-state index in [4.69, 9.17) is 14.2 Å². The monoisotopic (exact) mass is 237 g/mol. The van der Waals surface area contributed by atoms with Gasteiger partial charge in [0.1, 0.15) is 0 Å². The molecule has 6 nitrogen and oxygen atoms in total. The van der Waals surface area contributed by atoms with Gasteiger partial charge in [-0.25, -0.2) is 9.69 Å². The van der Waals surface area contributed by atoms with Gasteiger partial charge in [0.25, 0.3) is 0 Å². The van der Waals surface area contributed by atoms with E-state index >= 15 is 0 Å². The van der Waals surface area contributed by atoms with Gasteiger partial charge < -0.3 is 14.2 Å². The molecule has 0 saturated carbocycles. The minimum atomic E-state index is -1.98. The maximum atomic E-state index is 12.0. The molecule has 1 aromatic rings. The average Bonchev–Trinajstić information content (AvgIpc) is 2.62. The first-order chi connectivity index (χ1) is 8.14. The summed E-state index contributed by atoms with van der Waals surface area (Å²) in [4.78, 5) is 24.5. The summed E-state index contributed by atoms with van der Waals surface area (Å²) in [7, 11) is 2.45.